The third-order valence-corrected chi connectivity index (χ3v) is 2.73. The third-order valence-electron chi connectivity index (χ3n) is 2.73. The molecule has 108 valence electrons. The third kappa shape index (κ3) is 4.44. The molecule has 1 aromatic rings. The van der Waals surface area contributed by atoms with Gasteiger partial charge in [-0.1, -0.05) is 0 Å². The summed E-state index contributed by atoms with van der Waals surface area (Å²) in [6, 6.07) is 2.64. The number of aliphatic hydroxyl groups is 1. The van der Waals surface area contributed by atoms with E-state index in [1.54, 1.807) is 27.8 Å². The van der Waals surface area contributed by atoms with Crippen LogP contribution in [0.25, 0.3) is 0 Å². The van der Waals surface area contributed by atoms with Gasteiger partial charge in [0, 0.05) is 19.6 Å². The zero-order valence-corrected chi connectivity index (χ0v) is 11.9. The minimum atomic E-state index is -1.02. The Morgan fingerprint density at radius 3 is 2.16 bits per heavy atom. The minimum absolute atomic E-state index is 0.0792. The lowest BCUT2D eigenvalue weighted by molar-refractivity contribution is 0.0873. The molecule has 5 heteroatoms. The molecule has 0 radical (unpaired) electrons. The van der Waals surface area contributed by atoms with Crippen molar-refractivity contribution in [3.05, 3.63) is 29.3 Å². The molecule has 0 spiro atoms. The van der Waals surface area contributed by atoms with Gasteiger partial charge in [-0.15, -0.1) is 0 Å². The van der Waals surface area contributed by atoms with Crippen LogP contribution in [-0.4, -0.2) is 30.8 Å². The van der Waals surface area contributed by atoms with Crippen molar-refractivity contribution in [2.75, 3.05) is 25.0 Å². The van der Waals surface area contributed by atoms with Gasteiger partial charge in [0.25, 0.3) is 0 Å². The van der Waals surface area contributed by atoms with Gasteiger partial charge in [0.2, 0.25) is 0 Å². The molecule has 0 atom stereocenters. The highest BCUT2D eigenvalue weighted by molar-refractivity contribution is 5.51. The fraction of sp³-hybridized carbons (Fsp3) is 0.571. The number of likely N-dealkylation sites (N-methyl/N-ethyl adjacent to an activating group) is 1. The van der Waals surface area contributed by atoms with Gasteiger partial charge >= 0.3 is 0 Å². The minimum Gasteiger partial charge on any atom is -0.389 e. The molecule has 3 nitrogen and oxygen atoms in total. The van der Waals surface area contributed by atoms with Crippen LogP contribution in [0.5, 0.6) is 0 Å². The largest absolute Gasteiger partial charge is 0.389 e. The smallest absolute Gasteiger partial charge is 0.149 e. The van der Waals surface area contributed by atoms with Gasteiger partial charge in [0.05, 0.1) is 5.60 Å². The van der Waals surface area contributed by atoms with E-state index in [0.717, 1.165) is 0 Å². The Morgan fingerprint density at radius 2 is 1.79 bits per heavy atom. The molecule has 0 aliphatic rings. The standard InChI is InChI=1S/C14H22F2N2O/c1-5-18(9-14(2,3)19)13-11(15)6-10(8-17-4)7-12(13)16/h6-7,17,19H,5,8-9H2,1-4H3. The molecular formula is C14H22F2N2O. The fourth-order valence-corrected chi connectivity index (χ4v) is 2.04. The molecule has 0 aliphatic heterocycles. The number of rotatable bonds is 6. The zero-order valence-electron chi connectivity index (χ0n) is 11.9. The van der Waals surface area contributed by atoms with Gasteiger partial charge in [0.15, 0.2) is 0 Å². The summed E-state index contributed by atoms with van der Waals surface area (Å²) in [6.45, 7) is 6.02. The normalized spacial score (nSPS) is 11.7. The van der Waals surface area contributed by atoms with E-state index >= 15 is 0 Å². The van der Waals surface area contributed by atoms with Crippen LogP contribution in [0, 0.1) is 11.6 Å². The van der Waals surface area contributed by atoms with Crippen molar-refractivity contribution in [1.82, 2.24) is 5.32 Å². The van der Waals surface area contributed by atoms with Crippen LogP contribution in [0.15, 0.2) is 12.1 Å². The molecule has 0 aliphatic carbocycles. The number of anilines is 1. The Kier molecular flexibility index (Phi) is 5.26. The molecule has 19 heavy (non-hydrogen) atoms. The Balaban J connectivity index is 3.10. The van der Waals surface area contributed by atoms with Crippen LogP contribution in [-0.2, 0) is 6.54 Å². The van der Waals surface area contributed by atoms with E-state index in [1.165, 1.54) is 17.0 Å². The second-order valence-electron chi connectivity index (χ2n) is 5.27. The van der Waals surface area contributed by atoms with Crippen LogP contribution in [0.3, 0.4) is 0 Å². The van der Waals surface area contributed by atoms with E-state index < -0.39 is 17.2 Å². The lowest BCUT2D eigenvalue weighted by atomic mass is 10.1. The predicted molar refractivity (Wildman–Crippen MR) is 73.3 cm³/mol. The van der Waals surface area contributed by atoms with Crippen LogP contribution in [0.2, 0.25) is 0 Å². The molecular weight excluding hydrogens is 250 g/mol. The van der Waals surface area contributed by atoms with E-state index in [9.17, 15) is 13.9 Å². The highest BCUT2D eigenvalue weighted by Gasteiger charge is 2.23. The summed E-state index contributed by atoms with van der Waals surface area (Å²) in [5.41, 5.74) is -0.538. The Hall–Kier alpha value is -1.20. The Bertz CT molecular complexity index is 407. The van der Waals surface area contributed by atoms with Crippen LogP contribution in [0.1, 0.15) is 26.3 Å². The lowest BCUT2D eigenvalue weighted by Gasteiger charge is -2.30. The van der Waals surface area contributed by atoms with E-state index in [0.29, 0.717) is 18.7 Å². The van der Waals surface area contributed by atoms with Crippen molar-refractivity contribution in [3.8, 4) is 0 Å². The van der Waals surface area contributed by atoms with Gasteiger partial charge in [-0.25, -0.2) is 8.78 Å². The second-order valence-corrected chi connectivity index (χ2v) is 5.27. The molecule has 0 unspecified atom stereocenters. The van der Waals surface area contributed by atoms with Crippen LogP contribution >= 0.6 is 0 Å². The van der Waals surface area contributed by atoms with Crippen molar-refractivity contribution in [3.63, 3.8) is 0 Å². The van der Waals surface area contributed by atoms with Gasteiger partial charge in [-0.3, -0.25) is 0 Å². The maximum absolute atomic E-state index is 14.1. The molecule has 0 fully saturated rings. The van der Waals surface area contributed by atoms with Crippen molar-refractivity contribution >= 4 is 5.69 Å². The molecule has 0 saturated heterocycles. The predicted octanol–water partition coefficient (Wildman–Crippen LogP) is 2.28. The van der Waals surface area contributed by atoms with Crippen LogP contribution < -0.4 is 10.2 Å². The molecule has 0 aromatic heterocycles. The number of halogens is 2. The molecule has 0 bridgehead atoms. The maximum atomic E-state index is 14.1. The Labute approximate surface area is 113 Å². The first-order valence-electron chi connectivity index (χ1n) is 6.38. The van der Waals surface area contributed by atoms with Gasteiger partial charge in [-0.05, 0) is 45.5 Å². The number of hydrogen-bond donors (Lipinski definition) is 2. The van der Waals surface area contributed by atoms with E-state index in [2.05, 4.69) is 5.32 Å². The average Bonchev–Trinajstić information content (AvgIpc) is 2.25. The van der Waals surface area contributed by atoms with Crippen molar-refractivity contribution in [2.24, 2.45) is 0 Å². The summed E-state index contributed by atoms with van der Waals surface area (Å²) in [7, 11) is 1.72. The quantitative estimate of drug-likeness (QED) is 0.834. The topological polar surface area (TPSA) is 35.5 Å². The summed E-state index contributed by atoms with van der Waals surface area (Å²) in [6.07, 6.45) is 0. The first-order chi connectivity index (χ1) is 8.78. The highest BCUT2D eigenvalue weighted by Crippen LogP contribution is 2.26. The summed E-state index contributed by atoms with van der Waals surface area (Å²) in [5.74, 6) is -1.20. The number of nitrogens with zero attached hydrogens (tertiary/aromatic N) is 1. The number of nitrogens with one attached hydrogen (secondary N) is 1. The summed E-state index contributed by atoms with van der Waals surface area (Å²) in [5, 5.41) is 12.7. The van der Waals surface area contributed by atoms with Crippen molar-refractivity contribution in [2.45, 2.75) is 32.9 Å². The number of benzene rings is 1. The van der Waals surface area contributed by atoms with Crippen molar-refractivity contribution in [1.29, 1.82) is 0 Å². The highest BCUT2D eigenvalue weighted by atomic mass is 19.1. The van der Waals surface area contributed by atoms with Gasteiger partial charge in [0.1, 0.15) is 17.3 Å². The first kappa shape index (κ1) is 15.9. The van der Waals surface area contributed by atoms with Gasteiger partial charge < -0.3 is 15.3 Å². The molecule has 0 amide bonds. The monoisotopic (exact) mass is 272 g/mol. The van der Waals surface area contributed by atoms with Crippen molar-refractivity contribution < 1.29 is 13.9 Å². The average molecular weight is 272 g/mol. The SMILES string of the molecule is CCN(CC(C)(C)O)c1c(F)cc(CNC)cc1F. The maximum Gasteiger partial charge on any atom is 0.149 e. The van der Waals surface area contributed by atoms with Gasteiger partial charge in [-0.2, -0.15) is 0 Å². The summed E-state index contributed by atoms with van der Waals surface area (Å²) < 4.78 is 28.1. The van der Waals surface area contributed by atoms with Crippen LogP contribution in [0.4, 0.5) is 14.5 Å². The van der Waals surface area contributed by atoms with E-state index in [1.807, 2.05) is 0 Å². The lowest BCUT2D eigenvalue weighted by Crippen LogP contribution is -2.39. The first-order valence-corrected chi connectivity index (χ1v) is 6.38. The molecule has 1 aromatic carbocycles. The Morgan fingerprint density at radius 1 is 1.26 bits per heavy atom. The number of hydrogen-bond acceptors (Lipinski definition) is 3. The molecule has 0 heterocycles. The van der Waals surface area contributed by atoms with E-state index in [-0.39, 0.29) is 12.2 Å². The summed E-state index contributed by atoms with van der Waals surface area (Å²) in [4.78, 5) is 1.51. The molecule has 0 saturated carbocycles. The van der Waals surface area contributed by atoms with E-state index in [4.69, 9.17) is 0 Å². The molecule has 2 N–H and O–H groups in total. The molecule has 1 rings (SSSR count). The summed E-state index contributed by atoms with van der Waals surface area (Å²) >= 11 is 0. The second kappa shape index (κ2) is 6.30. The zero-order chi connectivity index (χ0) is 14.6. The fourth-order valence-electron chi connectivity index (χ4n) is 2.04.